The van der Waals surface area contributed by atoms with Gasteiger partial charge in [-0.1, -0.05) is 18.2 Å². The molecule has 0 heterocycles. The number of benzene rings is 2. The predicted molar refractivity (Wildman–Crippen MR) is 108 cm³/mol. The van der Waals surface area contributed by atoms with Crippen molar-refractivity contribution in [2.24, 2.45) is 5.73 Å². The Kier molecular flexibility index (Phi) is 7.47. The SMILES string of the molecule is Cc1ccc(C(=O)NCC(=O)NCc2ccc(C(=O)NCC(N)=O)cc2)cc1C. The van der Waals surface area contributed by atoms with Gasteiger partial charge in [0.1, 0.15) is 0 Å². The van der Waals surface area contributed by atoms with Gasteiger partial charge in [-0.3, -0.25) is 19.2 Å². The monoisotopic (exact) mass is 396 g/mol. The zero-order valence-corrected chi connectivity index (χ0v) is 16.4. The third kappa shape index (κ3) is 6.76. The Morgan fingerprint density at radius 2 is 1.34 bits per heavy atom. The minimum atomic E-state index is -0.623. The standard InChI is InChI=1S/C21H24N4O4/c1-13-3-6-17(9-14(13)2)21(29)25-12-19(27)23-10-15-4-7-16(8-5-15)20(28)24-11-18(22)26/h3-9H,10-12H2,1-2H3,(H2,22,26)(H,23,27)(H,24,28)(H,25,29). The van der Waals surface area contributed by atoms with Crippen LogP contribution in [0, 0.1) is 13.8 Å². The van der Waals surface area contributed by atoms with Gasteiger partial charge in [0.2, 0.25) is 11.8 Å². The van der Waals surface area contributed by atoms with Crippen LogP contribution >= 0.6 is 0 Å². The first-order valence-corrected chi connectivity index (χ1v) is 9.04. The van der Waals surface area contributed by atoms with Crippen LogP contribution in [0.25, 0.3) is 0 Å². The first kappa shape index (κ1) is 21.6. The van der Waals surface area contributed by atoms with Crippen LogP contribution in [0.3, 0.4) is 0 Å². The topological polar surface area (TPSA) is 130 Å². The molecule has 2 rings (SSSR count). The third-order valence-corrected chi connectivity index (χ3v) is 4.31. The zero-order chi connectivity index (χ0) is 21.4. The maximum atomic E-state index is 12.1. The molecule has 0 bridgehead atoms. The lowest BCUT2D eigenvalue weighted by Crippen LogP contribution is -2.36. The molecule has 152 valence electrons. The van der Waals surface area contributed by atoms with Crippen molar-refractivity contribution in [2.45, 2.75) is 20.4 Å². The van der Waals surface area contributed by atoms with Crippen LogP contribution in [-0.4, -0.2) is 36.7 Å². The second-order valence-electron chi connectivity index (χ2n) is 6.60. The summed E-state index contributed by atoms with van der Waals surface area (Å²) in [6.45, 7) is 3.77. The van der Waals surface area contributed by atoms with Gasteiger partial charge >= 0.3 is 0 Å². The molecule has 0 aliphatic carbocycles. The molecule has 0 aliphatic heterocycles. The fourth-order valence-corrected chi connectivity index (χ4v) is 2.45. The lowest BCUT2D eigenvalue weighted by molar-refractivity contribution is -0.120. The highest BCUT2D eigenvalue weighted by Gasteiger charge is 2.10. The molecule has 0 radical (unpaired) electrons. The van der Waals surface area contributed by atoms with Crippen molar-refractivity contribution in [3.05, 3.63) is 70.3 Å². The van der Waals surface area contributed by atoms with Crippen molar-refractivity contribution in [1.82, 2.24) is 16.0 Å². The van der Waals surface area contributed by atoms with E-state index in [1.807, 2.05) is 19.9 Å². The van der Waals surface area contributed by atoms with Crippen LogP contribution in [0.2, 0.25) is 0 Å². The average Bonchev–Trinajstić information content (AvgIpc) is 2.71. The number of rotatable bonds is 8. The fraction of sp³-hybridized carbons (Fsp3) is 0.238. The summed E-state index contributed by atoms with van der Waals surface area (Å²) < 4.78 is 0. The van der Waals surface area contributed by atoms with Gasteiger partial charge in [0.15, 0.2) is 0 Å². The van der Waals surface area contributed by atoms with Crippen LogP contribution in [0.15, 0.2) is 42.5 Å². The molecular formula is C21H24N4O4. The van der Waals surface area contributed by atoms with Crippen molar-refractivity contribution in [3.63, 3.8) is 0 Å². The molecular weight excluding hydrogens is 372 g/mol. The lowest BCUT2D eigenvalue weighted by Gasteiger charge is -2.09. The average molecular weight is 396 g/mol. The maximum Gasteiger partial charge on any atom is 0.251 e. The highest BCUT2D eigenvalue weighted by atomic mass is 16.2. The Balaban J connectivity index is 1.78. The molecule has 0 fully saturated rings. The molecule has 8 nitrogen and oxygen atoms in total. The van der Waals surface area contributed by atoms with E-state index in [1.54, 1.807) is 36.4 Å². The van der Waals surface area contributed by atoms with E-state index in [4.69, 9.17) is 5.73 Å². The second kappa shape index (κ2) is 10.0. The highest BCUT2D eigenvalue weighted by molar-refractivity contribution is 5.97. The molecule has 0 saturated heterocycles. The third-order valence-electron chi connectivity index (χ3n) is 4.31. The maximum absolute atomic E-state index is 12.1. The van der Waals surface area contributed by atoms with E-state index in [0.717, 1.165) is 16.7 Å². The first-order chi connectivity index (χ1) is 13.8. The number of aryl methyl sites for hydroxylation is 2. The number of primary amides is 1. The molecule has 0 aliphatic rings. The normalized spacial score (nSPS) is 10.1. The van der Waals surface area contributed by atoms with Crippen LogP contribution in [0.5, 0.6) is 0 Å². The summed E-state index contributed by atoms with van der Waals surface area (Å²) in [5, 5.41) is 7.68. The van der Waals surface area contributed by atoms with E-state index >= 15 is 0 Å². The van der Waals surface area contributed by atoms with Crippen molar-refractivity contribution in [2.75, 3.05) is 13.1 Å². The van der Waals surface area contributed by atoms with Crippen LogP contribution in [0.1, 0.15) is 37.4 Å². The predicted octanol–water partition coefficient (Wildman–Crippen LogP) is 0.565. The molecule has 2 aromatic carbocycles. The van der Waals surface area contributed by atoms with E-state index in [0.29, 0.717) is 11.1 Å². The van der Waals surface area contributed by atoms with Gasteiger partial charge in [0.05, 0.1) is 13.1 Å². The van der Waals surface area contributed by atoms with Crippen molar-refractivity contribution >= 4 is 23.6 Å². The molecule has 8 heteroatoms. The Morgan fingerprint density at radius 1 is 0.759 bits per heavy atom. The molecule has 0 saturated carbocycles. The molecule has 2 aromatic rings. The van der Waals surface area contributed by atoms with Gasteiger partial charge in [-0.15, -0.1) is 0 Å². The van der Waals surface area contributed by atoms with E-state index < -0.39 is 11.8 Å². The molecule has 4 amide bonds. The summed E-state index contributed by atoms with van der Waals surface area (Å²) in [6, 6.07) is 11.9. The van der Waals surface area contributed by atoms with Gasteiger partial charge in [-0.2, -0.15) is 0 Å². The molecule has 29 heavy (non-hydrogen) atoms. The van der Waals surface area contributed by atoms with Crippen LogP contribution in [0.4, 0.5) is 0 Å². The number of carbonyl (C=O) groups excluding carboxylic acids is 4. The largest absolute Gasteiger partial charge is 0.368 e. The Labute approximate surface area is 168 Å². The minimum Gasteiger partial charge on any atom is -0.368 e. The van der Waals surface area contributed by atoms with Crippen LogP contribution in [-0.2, 0) is 16.1 Å². The fourth-order valence-electron chi connectivity index (χ4n) is 2.45. The molecule has 0 aromatic heterocycles. The van der Waals surface area contributed by atoms with Gasteiger partial charge < -0.3 is 21.7 Å². The Hall–Kier alpha value is -3.68. The first-order valence-electron chi connectivity index (χ1n) is 9.04. The summed E-state index contributed by atoms with van der Waals surface area (Å²) in [7, 11) is 0. The van der Waals surface area contributed by atoms with Gasteiger partial charge in [0.25, 0.3) is 11.8 Å². The van der Waals surface area contributed by atoms with E-state index in [-0.39, 0.29) is 31.4 Å². The van der Waals surface area contributed by atoms with Crippen LogP contribution < -0.4 is 21.7 Å². The number of hydrogen-bond donors (Lipinski definition) is 4. The number of amides is 4. The minimum absolute atomic E-state index is 0.140. The quantitative estimate of drug-likeness (QED) is 0.519. The van der Waals surface area contributed by atoms with Crippen molar-refractivity contribution in [3.8, 4) is 0 Å². The molecule has 5 N–H and O–H groups in total. The molecule has 0 atom stereocenters. The summed E-state index contributed by atoms with van der Waals surface area (Å²) in [5.41, 5.74) is 8.75. The summed E-state index contributed by atoms with van der Waals surface area (Å²) in [6.07, 6.45) is 0. The number of hydrogen-bond acceptors (Lipinski definition) is 4. The van der Waals surface area contributed by atoms with Gasteiger partial charge in [-0.25, -0.2) is 0 Å². The Morgan fingerprint density at radius 3 is 1.97 bits per heavy atom. The lowest BCUT2D eigenvalue weighted by atomic mass is 10.1. The zero-order valence-electron chi connectivity index (χ0n) is 16.4. The molecule has 0 unspecified atom stereocenters. The summed E-state index contributed by atoms with van der Waals surface area (Å²) in [4.78, 5) is 46.6. The number of nitrogens with one attached hydrogen (secondary N) is 3. The summed E-state index contributed by atoms with van der Waals surface area (Å²) in [5.74, 6) is -1.67. The highest BCUT2D eigenvalue weighted by Crippen LogP contribution is 2.09. The second-order valence-corrected chi connectivity index (χ2v) is 6.60. The van der Waals surface area contributed by atoms with E-state index in [2.05, 4.69) is 16.0 Å². The van der Waals surface area contributed by atoms with Crippen molar-refractivity contribution in [1.29, 1.82) is 0 Å². The van der Waals surface area contributed by atoms with E-state index in [1.165, 1.54) is 0 Å². The summed E-state index contributed by atoms with van der Waals surface area (Å²) >= 11 is 0. The number of nitrogens with two attached hydrogens (primary N) is 1. The Bertz CT molecular complexity index is 923. The number of carbonyl (C=O) groups is 4. The van der Waals surface area contributed by atoms with Gasteiger partial charge in [0, 0.05) is 17.7 Å². The van der Waals surface area contributed by atoms with Crippen molar-refractivity contribution < 1.29 is 19.2 Å². The van der Waals surface area contributed by atoms with E-state index in [9.17, 15) is 19.2 Å². The van der Waals surface area contributed by atoms with Gasteiger partial charge in [-0.05, 0) is 54.8 Å². The molecule has 0 spiro atoms. The smallest absolute Gasteiger partial charge is 0.251 e.